The van der Waals surface area contributed by atoms with E-state index in [9.17, 15) is 0 Å². The van der Waals surface area contributed by atoms with Crippen molar-refractivity contribution in [2.45, 2.75) is 5.41 Å². The van der Waals surface area contributed by atoms with Gasteiger partial charge in [-0.25, -0.2) is 0 Å². The van der Waals surface area contributed by atoms with Crippen molar-refractivity contribution in [3.63, 3.8) is 0 Å². The Kier molecular flexibility index (Phi) is 1.29. The van der Waals surface area contributed by atoms with E-state index in [2.05, 4.69) is 30.1 Å². The lowest BCUT2D eigenvalue weighted by atomic mass is 9.76. The van der Waals surface area contributed by atoms with Gasteiger partial charge >= 0.3 is 0 Å². The molecular formula is C11H13NO. The third kappa shape index (κ3) is 0.866. The average Bonchev–Trinajstić information content (AvgIpc) is 2.45. The van der Waals surface area contributed by atoms with Gasteiger partial charge in [0.1, 0.15) is 12.4 Å². The van der Waals surface area contributed by atoms with E-state index in [1.807, 2.05) is 6.07 Å². The van der Waals surface area contributed by atoms with Crippen molar-refractivity contribution in [2.24, 2.45) is 0 Å². The van der Waals surface area contributed by atoms with Crippen LogP contribution >= 0.6 is 0 Å². The molecule has 2 nitrogen and oxygen atoms in total. The third-order valence-electron chi connectivity index (χ3n) is 3.11. The molecule has 13 heavy (non-hydrogen) atoms. The number of nitrogens with zero attached hydrogens (tertiary/aromatic N) is 1. The third-order valence-corrected chi connectivity index (χ3v) is 3.11. The van der Waals surface area contributed by atoms with Gasteiger partial charge in [0.25, 0.3) is 0 Å². The molecule has 0 aliphatic carbocycles. The van der Waals surface area contributed by atoms with Crippen LogP contribution in [0.3, 0.4) is 0 Å². The van der Waals surface area contributed by atoms with Crippen molar-refractivity contribution in [3.05, 3.63) is 29.8 Å². The minimum atomic E-state index is 0.325. The first-order chi connectivity index (χ1) is 6.30. The SMILES string of the molecule is CN1CC2(COc3ccccc32)C1. The van der Waals surface area contributed by atoms with Crippen molar-refractivity contribution in [1.29, 1.82) is 0 Å². The summed E-state index contributed by atoms with van der Waals surface area (Å²) in [5.74, 6) is 1.09. The molecule has 1 aromatic carbocycles. The average molecular weight is 175 g/mol. The molecule has 1 aromatic rings. The first-order valence-corrected chi connectivity index (χ1v) is 4.71. The van der Waals surface area contributed by atoms with E-state index >= 15 is 0 Å². The topological polar surface area (TPSA) is 12.5 Å². The summed E-state index contributed by atoms with van der Waals surface area (Å²) in [4.78, 5) is 2.34. The Morgan fingerprint density at radius 2 is 2.08 bits per heavy atom. The van der Waals surface area contributed by atoms with Crippen LogP contribution in [-0.4, -0.2) is 31.6 Å². The summed E-state index contributed by atoms with van der Waals surface area (Å²) in [7, 11) is 2.16. The van der Waals surface area contributed by atoms with Gasteiger partial charge in [-0.05, 0) is 13.1 Å². The highest BCUT2D eigenvalue weighted by Crippen LogP contribution is 2.43. The van der Waals surface area contributed by atoms with Gasteiger partial charge in [0.05, 0.1) is 5.41 Å². The van der Waals surface area contributed by atoms with Crippen molar-refractivity contribution in [2.75, 3.05) is 26.7 Å². The maximum atomic E-state index is 5.68. The van der Waals surface area contributed by atoms with Gasteiger partial charge in [-0.1, -0.05) is 18.2 Å². The van der Waals surface area contributed by atoms with Gasteiger partial charge in [0, 0.05) is 18.7 Å². The number of ether oxygens (including phenoxy) is 1. The summed E-state index contributed by atoms with van der Waals surface area (Å²) >= 11 is 0. The maximum Gasteiger partial charge on any atom is 0.123 e. The normalized spacial score (nSPS) is 23.8. The predicted molar refractivity (Wildman–Crippen MR) is 51.1 cm³/mol. The van der Waals surface area contributed by atoms with Crippen LogP contribution in [0.25, 0.3) is 0 Å². The zero-order valence-corrected chi connectivity index (χ0v) is 7.79. The van der Waals surface area contributed by atoms with Gasteiger partial charge in [-0.2, -0.15) is 0 Å². The number of fused-ring (bicyclic) bond motifs is 2. The number of likely N-dealkylation sites (N-methyl/N-ethyl adjacent to an activating group) is 1. The summed E-state index contributed by atoms with van der Waals surface area (Å²) < 4.78 is 5.68. The van der Waals surface area contributed by atoms with Crippen molar-refractivity contribution < 1.29 is 4.74 Å². The summed E-state index contributed by atoms with van der Waals surface area (Å²) in [5.41, 5.74) is 1.74. The summed E-state index contributed by atoms with van der Waals surface area (Å²) in [5, 5.41) is 0. The molecule has 0 unspecified atom stereocenters. The quantitative estimate of drug-likeness (QED) is 0.588. The molecule has 2 heteroatoms. The van der Waals surface area contributed by atoms with Gasteiger partial charge in [0.15, 0.2) is 0 Å². The van der Waals surface area contributed by atoms with Crippen LogP contribution in [0.2, 0.25) is 0 Å². The highest BCUT2D eigenvalue weighted by molar-refractivity contribution is 5.45. The van der Waals surface area contributed by atoms with Gasteiger partial charge in [-0.3, -0.25) is 0 Å². The molecule has 0 saturated carbocycles. The van der Waals surface area contributed by atoms with Gasteiger partial charge < -0.3 is 9.64 Å². The van der Waals surface area contributed by atoms with E-state index in [1.54, 1.807) is 0 Å². The predicted octanol–water partition coefficient (Wildman–Crippen LogP) is 1.26. The number of hydrogen-bond acceptors (Lipinski definition) is 2. The summed E-state index contributed by atoms with van der Waals surface area (Å²) in [6.07, 6.45) is 0. The molecule has 0 N–H and O–H groups in total. The lowest BCUT2D eigenvalue weighted by molar-refractivity contribution is 0.0722. The Bertz CT molecular complexity index is 336. The summed E-state index contributed by atoms with van der Waals surface area (Å²) in [6, 6.07) is 8.42. The van der Waals surface area contributed by atoms with E-state index in [0.717, 1.165) is 25.4 Å². The number of para-hydroxylation sites is 1. The molecule has 3 rings (SSSR count). The molecule has 2 heterocycles. The van der Waals surface area contributed by atoms with Crippen molar-refractivity contribution in [3.8, 4) is 5.75 Å². The second-order valence-electron chi connectivity index (χ2n) is 4.24. The van der Waals surface area contributed by atoms with Crippen LogP contribution in [0.1, 0.15) is 5.56 Å². The molecule has 0 atom stereocenters. The summed E-state index contributed by atoms with van der Waals surface area (Å²) in [6.45, 7) is 3.16. The molecule has 68 valence electrons. The van der Waals surface area contributed by atoms with E-state index in [0.29, 0.717) is 5.41 Å². The highest BCUT2D eigenvalue weighted by Gasteiger charge is 2.48. The van der Waals surface area contributed by atoms with Gasteiger partial charge in [0.2, 0.25) is 0 Å². The lowest BCUT2D eigenvalue weighted by Gasteiger charge is -2.45. The largest absolute Gasteiger partial charge is 0.492 e. The monoisotopic (exact) mass is 175 g/mol. The fourth-order valence-electron chi connectivity index (χ4n) is 2.57. The number of hydrogen-bond donors (Lipinski definition) is 0. The molecule has 1 saturated heterocycles. The standard InChI is InChI=1S/C11H13NO/c1-12-6-11(7-12)8-13-10-5-3-2-4-9(10)11/h2-5H,6-8H2,1H3. The minimum absolute atomic E-state index is 0.325. The molecule has 0 aromatic heterocycles. The molecule has 0 amide bonds. The molecule has 2 aliphatic rings. The molecule has 0 bridgehead atoms. The van der Waals surface area contributed by atoms with E-state index in [-0.39, 0.29) is 0 Å². The fourth-order valence-corrected chi connectivity index (χ4v) is 2.57. The number of benzene rings is 1. The Balaban J connectivity index is 2.04. The molecule has 1 fully saturated rings. The Labute approximate surface area is 78.1 Å². The number of rotatable bonds is 0. The van der Waals surface area contributed by atoms with E-state index in [1.165, 1.54) is 5.56 Å². The maximum absolute atomic E-state index is 5.68. The van der Waals surface area contributed by atoms with Crippen LogP contribution in [0, 0.1) is 0 Å². The minimum Gasteiger partial charge on any atom is -0.492 e. The first-order valence-electron chi connectivity index (χ1n) is 4.71. The molecular weight excluding hydrogens is 162 g/mol. The first kappa shape index (κ1) is 7.39. The van der Waals surface area contributed by atoms with E-state index in [4.69, 9.17) is 4.74 Å². The smallest absolute Gasteiger partial charge is 0.123 e. The second-order valence-corrected chi connectivity index (χ2v) is 4.24. The Morgan fingerprint density at radius 1 is 1.31 bits per heavy atom. The van der Waals surface area contributed by atoms with Crippen LogP contribution in [0.4, 0.5) is 0 Å². The molecule has 2 aliphatic heterocycles. The van der Waals surface area contributed by atoms with Gasteiger partial charge in [-0.15, -0.1) is 0 Å². The van der Waals surface area contributed by atoms with E-state index < -0.39 is 0 Å². The Morgan fingerprint density at radius 3 is 2.85 bits per heavy atom. The van der Waals surface area contributed by atoms with Crippen LogP contribution in [-0.2, 0) is 5.41 Å². The lowest BCUT2D eigenvalue weighted by Crippen LogP contribution is -2.58. The zero-order valence-electron chi connectivity index (χ0n) is 7.79. The zero-order chi connectivity index (χ0) is 8.89. The van der Waals surface area contributed by atoms with Crippen LogP contribution in [0.5, 0.6) is 5.75 Å². The second kappa shape index (κ2) is 2.26. The fraction of sp³-hybridized carbons (Fsp3) is 0.455. The van der Waals surface area contributed by atoms with Crippen molar-refractivity contribution in [1.82, 2.24) is 4.90 Å². The van der Waals surface area contributed by atoms with Crippen LogP contribution in [0.15, 0.2) is 24.3 Å². The highest BCUT2D eigenvalue weighted by atomic mass is 16.5. The van der Waals surface area contributed by atoms with Crippen molar-refractivity contribution >= 4 is 0 Å². The Hall–Kier alpha value is -1.02. The van der Waals surface area contributed by atoms with Crippen LogP contribution < -0.4 is 4.74 Å². The molecule has 1 spiro atoms. The molecule has 0 radical (unpaired) electrons. The number of likely N-dealkylation sites (tertiary alicyclic amines) is 1.